The maximum atomic E-state index is 11.0. The molecule has 0 heterocycles. The molecule has 114 valence electrons. The summed E-state index contributed by atoms with van der Waals surface area (Å²) in [5, 5.41) is 14.5. The summed E-state index contributed by atoms with van der Waals surface area (Å²) < 4.78 is 5.51. The molecule has 0 amide bonds. The molecule has 0 saturated heterocycles. The van der Waals surface area contributed by atoms with E-state index in [1.165, 1.54) is 31.7 Å². The molecule has 0 atom stereocenters. The Kier molecular flexibility index (Phi) is 3.74. The highest BCUT2D eigenvalue weighted by Gasteiger charge is 2.53. The van der Waals surface area contributed by atoms with Gasteiger partial charge in [0.25, 0.3) is 0 Å². The van der Waals surface area contributed by atoms with Gasteiger partial charge in [0.2, 0.25) is 0 Å². The van der Waals surface area contributed by atoms with E-state index in [4.69, 9.17) is 4.74 Å². The topological polar surface area (TPSA) is 64.4 Å². The predicted molar refractivity (Wildman–Crippen MR) is 81.8 cm³/mol. The van der Waals surface area contributed by atoms with Crippen LogP contribution in [0.25, 0.3) is 0 Å². The van der Waals surface area contributed by atoms with Gasteiger partial charge in [-0.2, -0.15) is 0 Å². The molecule has 1 aromatic carbocycles. The summed E-state index contributed by atoms with van der Waals surface area (Å²) in [7, 11) is 0. The van der Waals surface area contributed by atoms with Crippen LogP contribution in [0.15, 0.2) is 18.2 Å². The highest BCUT2D eigenvalue weighted by atomic mass is 16.6. The molecule has 5 nitrogen and oxygen atoms in total. The van der Waals surface area contributed by atoms with E-state index in [0.717, 1.165) is 24.6 Å². The summed E-state index contributed by atoms with van der Waals surface area (Å²) >= 11 is 0. The number of nitro benzene ring substituents is 1. The largest absolute Gasteiger partial charge is 0.487 e. The Morgan fingerprint density at radius 1 is 1.43 bits per heavy atom. The number of nitrogens with one attached hydrogen (secondary N) is 1. The van der Waals surface area contributed by atoms with Crippen molar-refractivity contribution in [3.63, 3.8) is 0 Å². The maximum Gasteiger partial charge on any atom is 0.311 e. The van der Waals surface area contributed by atoms with Gasteiger partial charge in [0, 0.05) is 24.4 Å². The number of nitro groups is 1. The second-order valence-electron chi connectivity index (χ2n) is 6.28. The molecule has 2 saturated carbocycles. The first-order chi connectivity index (χ1) is 10.1. The zero-order valence-electron chi connectivity index (χ0n) is 12.4. The van der Waals surface area contributed by atoms with Crippen LogP contribution in [-0.2, 0) is 0 Å². The van der Waals surface area contributed by atoms with Crippen LogP contribution in [0, 0.1) is 21.4 Å². The fourth-order valence-electron chi connectivity index (χ4n) is 2.97. The highest BCUT2D eigenvalue weighted by Crippen LogP contribution is 2.61. The predicted octanol–water partition coefficient (Wildman–Crippen LogP) is 3.99. The fraction of sp³-hybridized carbons (Fsp3) is 0.625. The van der Waals surface area contributed by atoms with Gasteiger partial charge in [-0.15, -0.1) is 0 Å². The number of benzene rings is 1. The normalized spacial score (nSPS) is 19.1. The first-order valence-electron chi connectivity index (χ1n) is 7.80. The van der Waals surface area contributed by atoms with Crippen molar-refractivity contribution >= 4 is 11.4 Å². The molecule has 0 bridgehead atoms. The van der Waals surface area contributed by atoms with E-state index in [9.17, 15) is 10.1 Å². The van der Waals surface area contributed by atoms with Crippen molar-refractivity contribution in [2.24, 2.45) is 11.3 Å². The third-order valence-electron chi connectivity index (χ3n) is 4.60. The van der Waals surface area contributed by atoms with Crippen molar-refractivity contribution in [1.82, 2.24) is 0 Å². The Morgan fingerprint density at radius 2 is 2.19 bits per heavy atom. The van der Waals surface area contributed by atoms with Gasteiger partial charge in [0.05, 0.1) is 11.5 Å². The average molecular weight is 290 g/mol. The highest BCUT2D eigenvalue weighted by molar-refractivity contribution is 5.58. The smallest absolute Gasteiger partial charge is 0.311 e. The van der Waals surface area contributed by atoms with Crippen LogP contribution in [0.3, 0.4) is 0 Å². The summed E-state index contributed by atoms with van der Waals surface area (Å²) in [6.07, 6.45) is 6.20. The fourth-order valence-corrected chi connectivity index (χ4v) is 2.97. The molecule has 0 aliphatic heterocycles. The van der Waals surface area contributed by atoms with Crippen molar-refractivity contribution in [2.75, 3.05) is 18.5 Å². The molecule has 21 heavy (non-hydrogen) atoms. The lowest BCUT2D eigenvalue weighted by atomic mass is 10.0. The minimum absolute atomic E-state index is 0.0392. The lowest BCUT2D eigenvalue weighted by Crippen LogP contribution is -2.17. The Balaban J connectivity index is 1.68. The molecule has 5 heteroatoms. The molecular weight excluding hydrogens is 268 g/mol. The van der Waals surface area contributed by atoms with Crippen LogP contribution in [0.1, 0.15) is 39.0 Å². The van der Waals surface area contributed by atoms with Gasteiger partial charge < -0.3 is 10.1 Å². The first kappa shape index (κ1) is 14.2. The summed E-state index contributed by atoms with van der Waals surface area (Å²) in [5.74, 6) is 1.27. The minimum Gasteiger partial charge on any atom is -0.487 e. The van der Waals surface area contributed by atoms with E-state index in [0.29, 0.717) is 17.8 Å². The molecule has 0 spiro atoms. The number of rotatable bonds is 8. The lowest BCUT2D eigenvalue weighted by molar-refractivity contribution is -0.385. The van der Waals surface area contributed by atoms with Gasteiger partial charge in [-0.1, -0.05) is 6.92 Å². The molecule has 0 unspecified atom stereocenters. The Hall–Kier alpha value is -1.78. The second kappa shape index (κ2) is 5.54. The van der Waals surface area contributed by atoms with Crippen LogP contribution < -0.4 is 10.1 Å². The van der Waals surface area contributed by atoms with Crippen molar-refractivity contribution < 1.29 is 9.66 Å². The van der Waals surface area contributed by atoms with E-state index in [1.807, 2.05) is 6.92 Å². The van der Waals surface area contributed by atoms with Crippen LogP contribution >= 0.6 is 0 Å². The molecule has 3 rings (SSSR count). The Bertz CT molecular complexity index is 536. The van der Waals surface area contributed by atoms with Gasteiger partial charge in [0.1, 0.15) is 0 Å². The number of hydrogen-bond acceptors (Lipinski definition) is 4. The average Bonchev–Trinajstić information content (AvgIpc) is 3.35. The molecule has 1 N–H and O–H groups in total. The van der Waals surface area contributed by atoms with Crippen molar-refractivity contribution in [1.29, 1.82) is 0 Å². The Labute approximate surface area is 124 Å². The maximum absolute atomic E-state index is 11.0. The molecule has 0 aromatic heterocycles. The summed E-state index contributed by atoms with van der Waals surface area (Å²) in [4.78, 5) is 10.6. The van der Waals surface area contributed by atoms with E-state index in [-0.39, 0.29) is 10.6 Å². The molecule has 2 aliphatic rings. The van der Waals surface area contributed by atoms with Crippen molar-refractivity contribution in [3.05, 3.63) is 28.3 Å². The summed E-state index contributed by atoms with van der Waals surface area (Å²) in [6.45, 7) is 3.46. The van der Waals surface area contributed by atoms with Crippen LogP contribution in [0.5, 0.6) is 5.75 Å². The standard InChI is InChI=1S/C16H22N2O3/c1-2-9-21-15-10-13(5-6-14(15)18(19)20)17-11-16(7-8-16)12-3-4-12/h5-6,10,12,17H,2-4,7-9,11H2,1H3. The number of anilines is 1. The van der Waals surface area contributed by atoms with Crippen molar-refractivity contribution in [2.45, 2.75) is 39.0 Å². The van der Waals surface area contributed by atoms with Crippen LogP contribution in [-0.4, -0.2) is 18.1 Å². The minimum atomic E-state index is -0.388. The molecule has 0 radical (unpaired) electrons. The third kappa shape index (κ3) is 3.12. The van der Waals surface area contributed by atoms with Gasteiger partial charge in [-0.25, -0.2) is 0 Å². The third-order valence-corrected chi connectivity index (χ3v) is 4.60. The molecular formula is C16H22N2O3. The number of hydrogen-bond donors (Lipinski definition) is 1. The zero-order valence-corrected chi connectivity index (χ0v) is 12.4. The monoisotopic (exact) mass is 290 g/mol. The SMILES string of the molecule is CCCOc1cc(NCC2(C3CC3)CC2)ccc1[N+](=O)[O-]. The second-order valence-corrected chi connectivity index (χ2v) is 6.28. The Morgan fingerprint density at radius 3 is 2.76 bits per heavy atom. The van der Waals surface area contributed by atoms with Crippen molar-refractivity contribution in [3.8, 4) is 5.75 Å². The van der Waals surface area contributed by atoms with Gasteiger partial charge in [-0.05, 0) is 49.5 Å². The molecule has 1 aromatic rings. The van der Waals surface area contributed by atoms with Gasteiger partial charge in [0.15, 0.2) is 5.75 Å². The first-order valence-corrected chi connectivity index (χ1v) is 7.80. The molecule has 2 aliphatic carbocycles. The number of nitrogens with zero attached hydrogens (tertiary/aromatic N) is 1. The van der Waals surface area contributed by atoms with E-state index in [2.05, 4.69) is 5.32 Å². The summed E-state index contributed by atoms with van der Waals surface area (Å²) in [5.41, 5.74) is 1.46. The quantitative estimate of drug-likeness (QED) is 0.581. The number of ether oxygens (including phenoxy) is 1. The summed E-state index contributed by atoms with van der Waals surface area (Å²) in [6, 6.07) is 5.07. The van der Waals surface area contributed by atoms with E-state index in [1.54, 1.807) is 12.1 Å². The van der Waals surface area contributed by atoms with Crippen LogP contribution in [0.2, 0.25) is 0 Å². The van der Waals surface area contributed by atoms with E-state index < -0.39 is 0 Å². The zero-order chi connectivity index (χ0) is 14.9. The van der Waals surface area contributed by atoms with E-state index >= 15 is 0 Å². The van der Waals surface area contributed by atoms with Gasteiger partial charge >= 0.3 is 5.69 Å². The van der Waals surface area contributed by atoms with Crippen LogP contribution in [0.4, 0.5) is 11.4 Å². The lowest BCUT2D eigenvalue weighted by Gasteiger charge is -2.16. The van der Waals surface area contributed by atoms with Gasteiger partial charge in [-0.3, -0.25) is 10.1 Å². The molecule has 2 fully saturated rings.